The number of amides is 4. The number of carbonyl (C=O) groups is 4. The topological polar surface area (TPSA) is 74.8 Å². The van der Waals surface area contributed by atoms with Gasteiger partial charge in [0.25, 0.3) is 23.6 Å². The number of rotatable bonds is 2. The second kappa shape index (κ2) is 5.01. The summed E-state index contributed by atoms with van der Waals surface area (Å²) in [6, 6.07) is 4.95. The number of para-hydroxylation sites is 1. The monoisotopic (exact) mass is 310 g/mol. The van der Waals surface area contributed by atoms with E-state index in [1.165, 1.54) is 12.2 Å². The maximum absolute atomic E-state index is 12.3. The van der Waals surface area contributed by atoms with Crippen LogP contribution in [0.3, 0.4) is 0 Å². The molecule has 2 heterocycles. The smallest absolute Gasteiger partial charge is 0.261 e. The highest BCUT2D eigenvalue weighted by molar-refractivity contribution is 6.35. The average molecular weight is 310 g/mol. The fourth-order valence-corrected chi connectivity index (χ4v) is 2.73. The molecule has 0 aromatic heterocycles. The van der Waals surface area contributed by atoms with Gasteiger partial charge in [-0.3, -0.25) is 19.2 Å². The maximum atomic E-state index is 12.3. The Morgan fingerprint density at radius 2 is 1.26 bits per heavy atom. The molecule has 0 saturated heterocycles. The van der Waals surface area contributed by atoms with Crippen LogP contribution in [-0.2, 0) is 19.2 Å². The Morgan fingerprint density at radius 3 is 1.74 bits per heavy atom. The zero-order chi connectivity index (χ0) is 16.9. The number of carbonyl (C=O) groups excluding carboxylic acids is 4. The van der Waals surface area contributed by atoms with Crippen molar-refractivity contribution >= 4 is 35.0 Å². The standard InChI is InChI=1S/C17H14N2O4/c1-9-5-4-6-12(18-13(20)7-10(2)16(18)22)15(9)19-14(21)8-11(3)17(19)23/h4-8H,1-3H3. The van der Waals surface area contributed by atoms with Crippen LogP contribution in [0.5, 0.6) is 0 Å². The minimum atomic E-state index is -0.483. The highest BCUT2D eigenvalue weighted by Crippen LogP contribution is 2.37. The number of benzene rings is 1. The van der Waals surface area contributed by atoms with Gasteiger partial charge in [-0.1, -0.05) is 12.1 Å². The van der Waals surface area contributed by atoms with Crippen LogP contribution >= 0.6 is 0 Å². The first-order valence-electron chi connectivity index (χ1n) is 7.06. The second-order valence-corrected chi connectivity index (χ2v) is 5.55. The first kappa shape index (κ1) is 14.9. The van der Waals surface area contributed by atoms with Crippen LogP contribution in [0.4, 0.5) is 11.4 Å². The van der Waals surface area contributed by atoms with Gasteiger partial charge in [0.05, 0.1) is 11.4 Å². The molecule has 6 heteroatoms. The maximum Gasteiger partial charge on any atom is 0.261 e. The molecule has 0 atom stereocenters. The van der Waals surface area contributed by atoms with Gasteiger partial charge in [-0.2, -0.15) is 0 Å². The number of imide groups is 2. The van der Waals surface area contributed by atoms with Crippen molar-refractivity contribution in [2.45, 2.75) is 20.8 Å². The Balaban J connectivity index is 2.17. The lowest BCUT2D eigenvalue weighted by Gasteiger charge is -2.25. The molecule has 2 aliphatic rings. The molecule has 0 bridgehead atoms. The summed E-state index contributed by atoms with van der Waals surface area (Å²) in [6.07, 6.45) is 2.49. The Hall–Kier alpha value is -3.02. The summed E-state index contributed by atoms with van der Waals surface area (Å²) in [5, 5.41) is 0. The molecular weight excluding hydrogens is 296 g/mol. The van der Waals surface area contributed by atoms with E-state index >= 15 is 0 Å². The lowest BCUT2D eigenvalue weighted by molar-refractivity contribution is -0.122. The van der Waals surface area contributed by atoms with E-state index < -0.39 is 23.6 Å². The SMILES string of the molecule is CC1=CC(=O)N(c2cccc(C)c2N2C(=O)C=C(C)C2=O)C1=O. The molecule has 23 heavy (non-hydrogen) atoms. The van der Waals surface area contributed by atoms with Gasteiger partial charge in [-0.05, 0) is 32.4 Å². The molecule has 1 aromatic rings. The van der Waals surface area contributed by atoms with Crippen LogP contribution in [-0.4, -0.2) is 23.6 Å². The first-order valence-corrected chi connectivity index (χ1v) is 7.06. The number of aryl methyl sites for hydroxylation is 1. The van der Waals surface area contributed by atoms with Crippen molar-refractivity contribution in [3.63, 3.8) is 0 Å². The lowest BCUT2D eigenvalue weighted by atomic mass is 10.1. The van der Waals surface area contributed by atoms with E-state index in [0.29, 0.717) is 16.7 Å². The van der Waals surface area contributed by atoms with Crippen molar-refractivity contribution in [2.24, 2.45) is 0 Å². The molecule has 4 amide bonds. The van der Waals surface area contributed by atoms with Crippen LogP contribution in [0, 0.1) is 6.92 Å². The number of hydrogen-bond donors (Lipinski definition) is 0. The van der Waals surface area contributed by atoms with Crippen molar-refractivity contribution in [3.8, 4) is 0 Å². The minimum absolute atomic E-state index is 0.234. The van der Waals surface area contributed by atoms with Gasteiger partial charge in [0.2, 0.25) is 0 Å². The molecule has 0 unspecified atom stereocenters. The summed E-state index contributed by atoms with van der Waals surface area (Å²) in [5.41, 5.74) is 1.75. The van der Waals surface area contributed by atoms with Crippen LogP contribution in [0.2, 0.25) is 0 Å². The van der Waals surface area contributed by atoms with E-state index in [9.17, 15) is 19.2 Å². The average Bonchev–Trinajstić information content (AvgIpc) is 2.87. The molecule has 6 nitrogen and oxygen atoms in total. The van der Waals surface area contributed by atoms with Crippen molar-refractivity contribution < 1.29 is 19.2 Å². The van der Waals surface area contributed by atoms with Crippen molar-refractivity contribution in [1.82, 2.24) is 0 Å². The van der Waals surface area contributed by atoms with E-state index in [1.807, 2.05) is 0 Å². The van der Waals surface area contributed by atoms with E-state index in [4.69, 9.17) is 0 Å². The number of nitrogens with zero attached hydrogens (tertiary/aromatic N) is 2. The fourth-order valence-electron chi connectivity index (χ4n) is 2.73. The summed E-state index contributed by atoms with van der Waals surface area (Å²) >= 11 is 0. The third-order valence-corrected chi connectivity index (χ3v) is 3.88. The molecule has 1 aromatic carbocycles. The van der Waals surface area contributed by atoms with Crippen molar-refractivity contribution in [2.75, 3.05) is 9.80 Å². The molecule has 3 rings (SSSR count). The van der Waals surface area contributed by atoms with E-state index in [2.05, 4.69) is 0 Å². The fraction of sp³-hybridized carbons (Fsp3) is 0.176. The molecule has 0 N–H and O–H groups in total. The predicted molar refractivity (Wildman–Crippen MR) is 83.7 cm³/mol. The second-order valence-electron chi connectivity index (χ2n) is 5.55. The largest absolute Gasteiger partial charge is 0.269 e. The van der Waals surface area contributed by atoms with Gasteiger partial charge in [0.1, 0.15) is 0 Å². The van der Waals surface area contributed by atoms with E-state index in [0.717, 1.165) is 9.80 Å². The molecule has 0 radical (unpaired) electrons. The van der Waals surface area contributed by atoms with E-state index in [-0.39, 0.29) is 11.4 Å². The predicted octanol–water partition coefficient (Wildman–Crippen LogP) is 1.63. The molecule has 0 fully saturated rings. The van der Waals surface area contributed by atoms with Gasteiger partial charge in [0, 0.05) is 23.3 Å². The summed E-state index contributed by atoms with van der Waals surface area (Å²) in [6.45, 7) is 4.82. The third kappa shape index (κ3) is 2.11. The third-order valence-electron chi connectivity index (χ3n) is 3.88. The Morgan fingerprint density at radius 1 is 0.739 bits per heavy atom. The summed E-state index contributed by atoms with van der Waals surface area (Å²) in [5.74, 6) is -1.87. The van der Waals surface area contributed by atoms with Crippen molar-refractivity contribution in [3.05, 3.63) is 47.1 Å². The Labute approximate surface area is 132 Å². The van der Waals surface area contributed by atoms with Crippen LogP contribution in [0.25, 0.3) is 0 Å². The van der Waals surface area contributed by atoms with Gasteiger partial charge in [-0.15, -0.1) is 0 Å². The molecule has 0 aliphatic carbocycles. The summed E-state index contributed by atoms with van der Waals surface area (Å²) in [7, 11) is 0. The van der Waals surface area contributed by atoms with Gasteiger partial charge in [0.15, 0.2) is 0 Å². The van der Waals surface area contributed by atoms with Crippen LogP contribution < -0.4 is 9.80 Å². The zero-order valence-corrected chi connectivity index (χ0v) is 12.9. The van der Waals surface area contributed by atoms with Crippen LogP contribution in [0.1, 0.15) is 19.4 Å². The summed E-state index contributed by atoms with van der Waals surface area (Å²) in [4.78, 5) is 50.9. The molecule has 2 aliphatic heterocycles. The number of anilines is 2. The first-order chi connectivity index (χ1) is 10.8. The molecular formula is C17H14N2O4. The Kier molecular flexibility index (Phi) is 3.25. The molecule has 116 valence electrons. The van der Waals surface area contributed by atoms with Crippen LogP contribution in [0.15, 0.2) is 41.5 Å². The molecule has 0 spiro atoms. The number of hydrogen-bond acceptors (Lipinski definition) is 4. The zero-order valence-electron chi connectivity index (χ0n) is 12.9. The van der Waals surface area contributed by atoms with Crippen molar-refractivity contribution in [1.29, 1.82) is 0 Å². The normalized spacial score (nSPS) is 18.0. The lowest BCUT2D eigenvalue weighted by Crippen LogP contribution is -2.36. The highest BCUT2D eigenvalue weighted by Gasteiger charge is 2.37. The minimum Gasteiger partial charge on any atom is -0.269 e. The van der Waals surface area contributed by atoms with Gasteiger partial charge < -0.3 is 0 Å². The summed E-state index contributed by atoms with van der Waals surface area (Å²) < 4.78 is 0. The Bertz CT molecular complexity index is 848. The van der Waals surface area contributed by atoms with E-state index in [1.54, 1.807) is 39.0 Å². The van der Waals surface area contributed by atoms with Gasteiger partial charge >= 0.3 is 0 Å². The quantitative estimate of drug-likeness (QED) is 0.778. The highest BCUT2D eigenvalue weighted by atomic mass is 16.2. The molecule has 0 saturated carbocycles. The van der Waals surface area contributed by atoms with Gasteiger partial charge in [-0.25, -0.2) is 9.80 Å².